The van der Waals surface area contributed by atoms with E-state index in [1.165, 1.54) is 4.70 Å². The van der Waals surface area contributed by atoms with Gasteiger partial charge in [-0.2, -0.15) is 0 Å². The van der Waals surface area contributed by atoms with Gasteiger partial charge in [-0.25, -0.2) is 4.98 Å². The maximum absolute atomic E-state index is 5.98. The van der Waals surface area contributed by atoms with Gasteiger partial charge < -0.3 is 10.6 Å². The fourth-order valence-corrected chi connectivity index (χ4v) is 2.95. The molecular formula is C15H15N3S. The van der Waals surface area contributed by atoms with Crippen molar-refractivity contribution >= 4 is 32.4 Å². The Kier molecular flexibility index (Phi) is 3.09. The van der Waals surface area contributed by atoms with E-state index in [9.17, 15) is 0 Å². The highest BCUT2D eigenvalue weighted by Gasteiger charge is 2.09. The number of rotatable bonds is 3. The topological polar surface area (TPSA) is 42.1 Å². The monoisotopic (exact) mass is 269 g/mol. The van der Waals surface area contributed by atoms with E-state index in [0.29, 0.717) is 0 Å². The van der Waals surface area contributed by atoms with Crippen LogP contribution in [0.2, 0.25) is 0 Å². The molecule has 0 aliphatic heterocycles. The molecule has 0 saturated heterocycles. The highest BCUT2D eigenvalue weighted by Crippen LogP contribution is 2.29. The molecule has 96 valence electrons. The molecule has 1 aromatic heterocycles. The van der Waals surface area contributed by atoms with Crippen LogP contribution in [-0.4, -0.2) is 12.0 Å². The number of aromatic nitrogens is 1. The van der Waals surface area contributed by atoms with Crippen molar-refractivity contribution < 1.29 is 0 Å². The van der Waals surface area contributed by atoms with Gasteiger partial charge in [0, 0.05) is 19.3 Å². The number of thiazole rings is 1. The molecule has 1 heterocycles. The van der Waals surface area contributed by atoms with Crippen LogP contribution in [0.3, 0.4) is 0 Å². The first-order chi connectivity index (χ1) is 9.24. The van der Waals surface area contributed by atoms with Gasteiger partial charge in [0.25, 0.3) is 0 Å². The number of anilines is 2. The molecule has 4 heteroatoms. The summed E-state index contributed by atoms with van der Waals surface area (Å²) in [7, 11) is 2.05. The summed E-state index contributed by atoms with van der Waals surface area (Å²) in [6, 6.07) is 16.1. The molecule has 3 rings (SSSR count). The molecule has 0 amide bonds. The van der Waals surface area contributed by atoms with Crippen molar-refractivity contribution in [2.24, 2.45) is 0 Å². The van der Waals surface area contributed by atoms with E-state index in [4.69, 9.17) is 5.73 Å². The van der Waals surface area contributed by atoms with E-state index in [-0.39, 0.29) is 0 Å². The average Bonchev–Trinajstić information content (AvgIpc) is 2.85. The summed E-state index contributed by atoms with van der Waals surface area (Å²) in [4.78, 5) is 6.78. The van der Waals surface area contributed by atoms with Gasteiger partial charge in [-0.05, 0) is 23.8 Å². The van der Waals surface area contributed by atoms with Crippen LogP contribution in [0.4, 0.5) is 10.8 Å². The van der Waals surface area contributed by atoms with E-state index >= 15 is 0 Å². The molecule has 2 aromatic carbocycles. The lowest BCUT2D eigenvalue weighted by Gasteiger charge is -2.16. The zero-order valence-electron chi connectivity index (χ0n) is 10.7. The molecule has 0 aliphatic carbocycles. The standard InChI is InChI=1S/C15H15N3S/c1-18(10-11-6-2-3-7-12(11)16)15-17-13-8-4-5-9-14(13)19-15/h2-9H,10,16H2,1H3. The predicted molar refractivity (Wildman–Crippen MR) is 82.6 cm³/mol. The summed E-state index contributed by atoms with van der Waals surface area (Å²) in [6.45, 7) is 0.770. The molecule has 19 heavy (non-hydrogen) atoms. The summed E-state index contributed by atoms with van der Waals surface area (Å²) >= 11 is 1.70. The van der Waals surface area contributed by atoms with Crippen molar-refractivity contribution in [1.29, 1.82) is 0 Å². The minimum Gasteiger partial charge on any atom is -0.398 e. The van der Waals surface area contributed by atoms with E-state index < -0.39 is 0 Å². The number of para-hydroxylation sites is 2. The minimum absolute atomic E-state index is 0.770. The first-order valence-electron chi connectivity index (χ1n) is 6.14. The molecule has 0 fully saturated rings. The normalized spacial score (nSPS) is 10.8. The fourth-order valence-electron chi connectivity index (χ4n) is 2.02. The lowest BCUT2D eigenvalue weighted by molar-refractivity contribution is 0.919. The van der Waals surface area contributed by atoms with E-state index in [0.717, 1.165) is 28.4 Å². The smallest absolute Gasteiger partial charge is 0.186 e. The molecule has 0 spiro atoms. The van der Waals surface area contributed by atoms with Crippen molar-refractivity contribution in [3.8, 4) is 0 Å². The molecule has 3 aromatic rings. The van der Waals surface area contributed by atoms with Gasteiger partial charge in [0.05, 0.1) is 10.2 Å². The Balaban J connectivity index is 1.87. The van der Waals surface area contributed by atoms with Gasteiger partial charge in [0.1, 0.15) is 0 Å². The molecule has 0 radical (unpaired) electrons. The first kappa shape index (κ1) is 12.0. The highest BCUT2D eigenvalue weighted by molar-refractivity contribution is 7.22. The van der Waals surface area contributed by atoms with Crippen LogP contribution in [0.25, 0.3) is 10.2 Å². The maximum Gasteiger partial charge on any atom is 0.186 e. The summed E-state index contributed by atoms with van der Waals surface area (Å²) in [5.74, 6) is 0. The van der Waals surface area contributed by atoms with Crippen LogP contribution in [0, 0.1) is 0 Å². The summed E-state index contributed by atoms with van der Waals surface area (Å²) in [5, 5.41) is 1.02. The number of hydrogen-bond acceptors (Lipinski definition) is 4. The fraction of sp³-hybridized carbons (Fsp3) is 0.133. The van der Waals surface area contributed by atoms with Crippen LogP contribution in [0.15, 0.2) is 48.5 Å². The Morgan fingerprint density at radius 3 is 2.63 bits per heavy atom. The van der Waals surface area contributed by atoms with Crippen molar-refractivity contribution in [3.05, 3.63) is 54.1 Å². The summed E-state index contributed by atoms with van der Waals surface area (Å²) in [5.41, 5.74) is 8.99. The van der Waals surface area contributed by atoms with Crippen LogP contribution < -0.4 is 10.6 Å². The van der Waals surface area contributed by atoms with Crippen LogP contribution >= 0.6 is 11.3 Å². The largest absolute Gasteiger partial charge is 0.398 e. The van der Waals surface area contributed by atoms with Crippen LogP contribution in [0.5, 0.6) is 0 Å². The second-order valence-electron chi connectivity index (χ2n) is 4.52. The van der Waals surface area contributed by atoms with Gasteiger partial charge in [0.2, 0.25) is 0 Å². The number of fused-ring (bicyclic) bond motifs is 1. The zero-order chi connectivity index (χ0) is 13.2. The first-order valence-corrected chi connectivity index (χ1v) is 6.96. The van der Waals surface area contributed by atoms with E-state index in [2.05, 4.69) is 22.0 Å². The van der Waals surface area contributed by atoms with E-state index in [1.54, 1.807) is 11.3 Å². The number of nitrogens with zero attached hydrogens (tertiary/aromatic N) is 2. The number of benzene rings is 2. The molecule has 0 saturated carbocycles. The van der Waals surface area contributed by atoms with Gasteiger partial charge >= 0.3 is 0 Å². The third-order valence-corrected chi connectivity index (χ3v) is 4.22. The maximum atomic E-state index is 5.98. The van der Waals surface area contributed by atoms with Gasteiger partial charge in [-0.1, -0.05) is 41.7 Å². The second-order valence-corrected chi connectivity index (χ2v) is 5.53. The Morgan fingerprint density at radius 2 is 1.84 bits per heavy atom. The number of nitrogens with two attached hydrogens (primary N) is 1. The quantitative estimate of drug-likeness (QED) is 0.740. The molecule has 0 aliphatic rings. The Morgan fingerprint density at radius 1 is 1.11 bits per heavy atom. The summed E-state index contributed by atoms with van der Waals surface area (Å²) < 4.78 is 1.21. The van der Waals surface area contributed by atoms with Crippen molar-refractivity contribution in [3.63, 3.8) is 0 Å². The molecular weight excluding hydrogens is 254 g/mol. The zero-order valence-corrected chi connectivity index (χ0v) is 11.5. The number of nitrogen functional groups attached to an aromatic ring is 1. The molecule has 0 bridgehead atoms. The highest BCUT2D eigenvalue weighted by atomic mass is 32.1. The van der Waals surface area contributed by atoms with Crippen LogP contribution in [0.1, 0.15) is 5.56 Å². The van der Waals surface area contributed by atoms with E-state index in [1.807, 2.05) is 43.4 Å². The predicted octanol–water partition coefficient (Wildman–Crippen LogP) is 3.51. The minimum atomic E-state index is 0.770. The molecule has 0 unspecified atom stereocenters. The van der Waals surface area contributed by atoms with Gasteiger partial charge in [-0.15, -0.1) is 0 Å². The lowest BCUT2D eigenvalue weighted by Crippen LogP contribution is -2.16. The Bertz CT molecular complexity index is 672. The Hall–Kier alpha value is -2.07. The Labute approximate surface area is 116 Å². The molecule has 2 N–H and O–H groups in total. The third-order valence-electron chi connectivity index (χ3n) is 3.07. The summed E-state index contributed by atoms with van der Waals surface area (Å²) in [6.07, 6.45) is 0. The number of hydrogen-bond donors (Lipinski definition) is 1. The molecule has 0 atom stereocenters. The average molecular weight is 269 g/mol. The van der Waals surface area contributed by atoms with Crippen LogP contribution in [-0.2, 0) is 6.54 Å². The van der Waals surface area contributed by atoms with Gasteiger partial charge in [0.15, 0.2) is 5.13 Å². The van der Waals surface area contributed by atoms with Gasteiger partial charge in [-0.3, -0.25) is 0 Å². The third kappa shape index (κ3) is 2.39. The van der Waals surface area contributed by atoms with Crippen molar-refractivity contribution in [2.75, 3.05) is 17.7 Å². The van der Waals surface area contributed by atoms with Crippen molar-refractivity contribution in [1.82, 2.24) is 4.98 Å². The van der Waals surface area contributed by atoms with Crippen molar-refractivity contribution in [2.45, 2.75) is 6.54 Å². The molecule has 3 nitrogen and oxygen atoms in total. The second kappa shape index (κ2) is 4.90. The lowest BCUT2D eigenvalue weighted by atomic mass is 10.2. The SMILES string of the molecule is CN(Cc1ccccc1N)c1nc2ccccc2s1.